The minimum absolute atomic E-state index is 0.100. The normalized spacial score (nSPS) is 9.72. The molecular formula is C12H8ClN5. The van der Waals surface area contributed by atoms with E-state index in [0.29, 0.717) is 22.8 Å². The number of nitrogens with zero attached hydrogens (tertiary/aromatic N) is 4. The van der Waals surface area contributed by atoms with Gasteiger partial charge in [0.1, 0.15) is 12.1 Å². The molecule has 0 saturated carbocycles. The number of nitriles is 2. The van der Waals surface area contributed by atoms with Gasteiger partial charge in [-0.1, -0.05) is 17.7 Å². The number of nitrogens with two attached hydrogens (primary N) is 1. The summed E-state index contributed by atoms with van der Waals surface area (Å²) in [5.41, 5.74) is 7.39. The first-order chi connectivity index (χ1) is 8.67. The number of benzene rings is 1. The molecule has 18 heavy (non-hydrogen) atoms. The summed E-state index contributed by atoms with van der Waals surface area (Å²) in [5, 5.41) is 18.3. The van der Waals surface area contributed by atoms with Crippen molar-refractivity contribution >= 4 is 17.3 Å². The molecule has 0 atom stereocenters. The highest BCUT2D eigenvalue weighted by Gasteiger charge is 2.12. The first-order valence-corrected chi connectivity index (χ1v) is 5.43. The molecule has 0 fully saturated rings. The monoisotopic (exact) mass is 257 g/mol. The second-order valence-corrected chi connectivity index (χ2v) is 4.01. The largest absolute Gasteiger partial charge is 0.398 e. The fourth-order valence-corrected chi connectivity index (χ4v) is 1.86. The molecule has 2 N–H and O–H groups in total. The topological polar surface area (TPSA) is 91.4 Å². The molecule has 2 aromatic rings. The SMILES string of the molecule is N#Cc1ncn(Cc2c(N)cccc2Cl)c1C#N. The van der Waals surface area contributed by atoms with Crippen molar-refractivity contribution in [1.82, 2.24) is 9.55 Å². The van der Waals surface area contributed by atoms with Gasteiger partial charge in [-0.3, -0.25) is 0 Å². The Morgan fingerprint density at radius 3 is 2.72 bits per heavy atom. The summed E-state index contributed by atoms with van der Waals surface area (Å²) in [5.74, 6) is 0. The maximum absolute atomic E-state index is 9.01. The minimum atomic E-state index is 0.100. The zero-order chi connectivity index (χ0) is 13.1. The average molecular weight is 258 g/mol. The van der Waals surface area contributed by atoms with E-state index in [1.165, 1.54) is 6.33 Å². The van der Waals surface area contributed by atoms with Gasteiger partial charge in [-0.25, -0.2) is 4.98 Å². The Morgan fingerprint density at radius 2 is 2.11 bits per heavy atom. The maximum Gasteiger partial charge on any atom is 0.176 e. The molecule has 0 aliphatic heterocycles. The Labute approximate surface area is 109 Å². The quantitative estimate of drug-likeness (QED) is 0.832. The first kappa shape index (κ1) is 12.0. The predicted molar refractivity (Wildman–Crippen MR) is 66.6 cm³/mol. The molecule has 0 aliphatic rings. The van der Waals surface area contributed by atoms with Crippen molar-refractivity contribution in [2.45, 2.75) is 6.54 Å². The van der Waals surface area contributed by atoms with Crippen LogP contribution in [0.1, 0.15) is 17.0 Å². The molecule has 6 heteroatoms. The summed E-state index contributed by atoms with van der Waals surface area (Å²) >= 11 is 6.05. The number of rotatable bonds is 2. The van der Waals surface area contributed by atoms with Crippen molar-refractivity contribution in [3.8, 4) is 12.1 Å². The van der Waals surface area contributed by atoms with Crippen LogP contribution in [0.2, 0.25) is 5.02 Å². The van der Waals surface area contributed by atoms with Crippen LogP contribution >= 0.6 is 11.6 Å². The molecule has 0 amide bonds. The lowest BCUT2D eigenvalue weighted by Crippen LogP contribution is -2.05. The lowest BCUT2D eigenvalue weighted by molar-refractivity contribution is 0.787. The van der Waals surface area contributed by atoms with Crippen molar-refractivity contribution < 1.29 is 0 Å². The second-order valence-electron chi connectivity index (χ2n) is 3.60. The summed E-state index contributed by atoms with van der Waals surface area (Å²) in [6, 6.07) is 9.02. The molecule has 1 aromatic heterocycles. The molecule has 5 nitrogen and oxygen atoms in total. The van der Waals surface area contributed by atoms with Gasteiger partial charge in [-0.2, -0.15) is 10.5 Å². The predicted octanol–water partition coefficient (Wildman–Crippen LogP) is 1.91. The Morgan fingerprint density at radius 1 is 1.33 bits per heavy atom. The number of aromatic nitrogens is 2. The fraction of sp³-hybridized carbons (Fsp3) is 0.0833. The van der Waals surface area contributed by atoms with E-state index in [4.69, 9.17) is 27.9 Å². The molecule has 1 heterocycles. The molecule has 0 unspecified atom stereocenters. The molecule has 0 saturated heterocycles. The molecular weight excluding hydrogens is 250 g/mol. The van der Waals surface area contributed by atoms with Gasteiger partial charge in [-0.15, -0.1) is 0 Å². The number of anilines is 1. The molecule has 0 aliphatic carbocycles. The Hall–Kier alpha value is -2.50. The average Bonchev–Trinajstić information content (AvgIpc) is 2.75. The summed E-state index contributed by atoms with van der Waals surface area (Å²) in [4.78, 5) is 3.86. The van der Waals surface area contributed by atoms with E-state index in [-0.39, 0.29) is 11.4 Å². The molecule has 0 spiro atoms. The van der Waals surface area contributed by atoms with Crippen LogP contribution in [-0.4, -0.2) is 9.55 Å². The van der Waals surface area contributed by atoms with Crippen molar-refractivity contribution in [2.24, 2.45) is 0 Å². The summed E-state index contributed by atoms with van der Waals surface area (Å²) in [7, 11) is 0. The molecule has 1 aromatic carbocycles. The number of hydrogen-bond acceptors (Lipinski definition) is 4. The van der Waals surface area contributed by atoms with Crippen LogP contribution < -0.4 is 5.73 Å². The first-order valence-electron chi connectivity index (χ1n) is 5.05. The third kappa shape index (κ3) is 2.00. The summed E-state index contributed by atoms with van der Waals surface area (Å²) in [6.45, 7) is 0.309. The summed E-state index contributed by atoms with van der Waals surface area (Å²) < 4.78 is 1.55. The van der Waals surface area contributed by atoms with E-state index in [1.54, 1.807) is 22.8 Å². The van der Waals surface area contributed by atoms with Gasteiger partial charge >= 0.3 is 0 Å². The molecule has 88 valence electrons. The third-order valence-electron chi connectivity index (χ3n) is 2.53. The van der Waals surface area contributed by atoms with E-state index in [0.717, 1.165) is 0 Å². The van der Waals surface area contributed by atoms with Crippen LogP contribution in [0.15, 0.2) is 24.5 Å². The Kier molecular flexibility index (Phi) is 3.18. The van der Waals surface area contributed by atoms with Crippen molar-refractivity contribution in [3.63, 3.8) is 0 Å². The molecule has 0 bridgehead atoms. The fourth-order valence-electron chi connectivity index (χ4n) is 1.61. The van der Waals surface area contributed by atoms with Gasteiger partial charge in [0.05, 0.1) is 12.9 Å². The number of halogens is 1. The van der Waals surface area contributed by atoms with Gasteiger partial charge in [-0.05, 0) is 12.1 Å². The van der Waals surface area contributed by atoms with Crippen molar-refractivity contribution in [1.29, 1.82) is 10.5 Å². The molecule has 0 radical (unpaired) electrons. The van der Waals surface area contributed by atoms with Crippen molar-refractivity contribution in [3.05, 3.63) is 46.5 Å². The van der Waals surface area contributed by atoms with Crippen molar-refractivity contribution in [2.75, 3.05) is 5.73 Å². The number of imidazole rings is 1. The van der Waals surface area contributed by atoms with Crippen LogP contribution in [-0.2, 0) is 6.54 Å². The van der Waals surface area contributed by atoms with E-state index in [1.807, 2.05) is 12.1 Å². The molecule has 2 rings (SSSR count). The van der Waals surface area contributed by atoms with Crippen LogP contribution in [0, 0.1) is 22.7 Å². The number of nitrogen functional groups attached to an aromatic ring is 1. The van der Waals surface area contributed by atoms with Gasteiger partial charge in [0.2, 0.25) is 0 Å². The minimum Gasteiger partial charge on any atom is -0.398 e. The summed E-state index contributed by atoms with van der Waals surface area (Å²) in [6.07, 6.45) is 1.43. The van der Waals surface area contributed by atoms with Crippen LogP contribution in [0.3, 0.4) is 0 Å². The Balaban J connectivity index is 2.45. The van der Waals surface area contributed by atoms with Gasteiger partial charge in [0.15, 0.2) is 11.4 Å². The second kappa shape index (κ2) is 4.79. The van der Waals surface area contributed by atoms with Crippen LogP contribution in [0.25, 0.3) is 0 Å². The smallest absolute Gasteiger partial charge is 0.176 e. The van der Waals surface area contributed by atoms with E-state index in [2.05, 4.69) is 4.98 Å². The highest BCUT2D eigenvalue weighted by atomic mass is 35.5. The van der Waals surface area contributed by atoms with Gasteiger partial charge in [0, 0.05) is 16.3 Å². The van der Waals surface area contributed by atoms with E-state index < -0.39 is 0 Å². The lowest BCUT2D eigenvalue weighted by atomic mass is 10.2. The zero-order valence-electron chi connectivity index (χ0n) is 9.26. The van der Waals surface area contributed by atoms with Crippen LogP contribution in [0.5, 0.6) is 0 Å². The van der Waals surface area contributed by atoms with E-state index in [9.17, 15) is 0 Å². The standard InChI is InChI=1S/C12H8ClN5/c13-9-2-1-3-10(16)8(9)6-18-7-17-11(4-14)12(18)5-15/h1-3,7H,6,16H2. The van der Waals surface area contributed by atoms with Crippen LogP contribution in [0.4, 0.5) is 5.69 Å². The maximum atomic E-state index is 9.01. The highest BCUT2D eigenvalue weighted by molar-refractivity contribution is 6.31. The third-order valence-corrected chi connectivity index (χ3v) is 2.89. The van der Waals surface area contributed by atoms with E-state index >= 15 is 0 Å². The van der Waals surface area contributed by atoms with Gasteiger partial charge in [0.25, 0.3) is 0 Å². The number of hydrogen-bond donors (Lipinski definition) is 1. The zero-order valence-corrected chi connectivity index (χ0v) is 10.0. The highest BCUT2D eigenvalue weighted by Crippen LogP contribution is 2.23. The lowest BCUT2D eigenvalue weighted by Gasteiger charge is -2.09. The Bertz CT molecular complexity index is 655. The van der Waals surface area contributed by atoms with Gasteiger partial charge < -0.3 is 10.3 Å².